The van der Waals surface area contributed by atoms with Gasteiger partial charge in [-0.3, -0.25) is 4.98 Å². The fourth-order valence-corrected chi connectivity index (χ4v) is 2.10. The Labute approximate surface area is 103 Å². The Morgan fingerprint density at radius 3 is 2.65 bits per heavy atom. The fourth-order valence-electron chi connectivity index (χ4n) is 2.10. The van der Waals surface area contributed by atoms with Crippen LogP contribution in [0.2, 0.25) is 0 Å². The monoisotopic (exact) mass is 228 g/mol. The molecule has 0 aliphatic carbocycles. The zero-order valence-corrected chi connectivity index (χ0v) is 10.6. The van der Waals surface area contributed by atoms with Gasteiger partial charge in [-0.15, -0.1) is 0 Å². The summed E-state index contributed by atoms with van der Waals surface area (Å²) in [5.74, 6) is 0.698. The topological polar surface area (TPSA) is 38.9 Å². The molecule has 1 aromatic heterocycles. The summed E-state index contributed by atoms with van der Waals surface area (Å²) < 4.78 is 0. The van der Waals surface area contributed by atoms with Crippen molar-refractivity contribution in [3.05, 3.63) is 42.1 Å². The highest BCUT2D eigenvalue weighted by Crippen LogP contribution is 2.24. The number of benzene rings is 1. The minimum absolute atomic E-state index is 0.0935. The van der Waals surface area contributed by atoms with Crippen molar-refractivity contribution in [2.45, 2.75) is 32.7 Å². The quantitative estimate of drug-likeness (QED) is 0.867. The molecule has 0 amide bonds. The molecule has 1 atom stereocenters. The van der Waals surface area contributed by atoms with E-state index in [0.29, 0.717) is 5.92 Å². The molecule has 0 aliphatic rings. The molecular formula is C15H20N2. The lowest BCUT2D eigenvalue weighted by Crippen LogP contribution is -2.12. The summed E-state index contributed by atoms with van der Waals surface area (Å²) in [5, 5.41) is 1.17. The van der Waals surface area contributed by atoms with Crippen molar-refractivity contribution in [1.82, 2.24) is 4.98 Å². The van der Waals surface area contributed by atoms with Crippen molar-refractivity contribution in [3.8, 4) is 0 Å². The third-order valence-electron chi connectivity index (χ3n) is 3.12. The lowest BCUT2D eigenvalue weighted by molar-refractivity contribution is 0.508. The van der Waals surface area contributed by atoms with Crippen molar-refractivity contribution >= 4 is 10.9 Å². The lowest BCUT2D eigenvalue weighted by atomic mass is 9.96. The molecule has 0 fully saturated rings. The molecule has 2 rings (SSSR count). The molecule has 90 valence electrons. The molecule has 2 N–H and O–H groups in total. The van der Waals surface area contributed by atoms with Crippen molar-refractivity contribution < 1.29 is 0 Å². The first kappa shape index (κ1) is 12.1. The number of para-hydroxylation sites is 1. The molecule has 0 saturated carbocycles. The van der Waals surface area contributed by atoms with Gasteiger partial charge in [-0.25, -0.2) is 0 Å². The van der Waals surface area contributed by atoms with E-state index in [2.05, 4.69) is 43.1 Å². The van der Waals surface area contributed by atoms with Crippen molar-refractivity contribution in [2.24, 2.45) is 11.7 Å². The van der Waals surface area contributed by atoms with E-state index >= 15 is 0 Å². The van der Waals surface area contributed by atoms with E-state index in [1.165, 1.54) is 10.9 Å². The second-order valence-electron chi connectivity index (χ2n) is 5.00. The Bertz CT molecular complexity index is 486. The van der Waals surface area contributed by atoms with Gasteiger partial charge in [0, 0.05) is 17.6 Å². The first-order chi connectivity index (χ1) is 8.18. The van der Waals surface area contributed by atoms with E-state index in [1.807, 2.05) is 12.3 Å². The number of aromatic nitrogens is 1. The van der Waals surface area contributed by atoms with Crippen LogP contribution in [0.25, 0.3) is 10.9 Å². The van der Waals surface area contributed by atoms with Gasteiger partial charge in [0.2, 0.25) is 0 Å². The molecule has 0 saturated heterocycles. The molecule has 2 nitrogen and oxygen atoms in total. The summed E-state index contributed by atoms with van der Waals surface area (Å²) in [6, 6.07) is 10.4. The van der Waals surface area contributed by atoms with Crippen LogP contribution in [0.5, 0.6) is 0 Å². The summed E-state index contributed by atoms with van der Waals surface area (Å²) in [7, 11) is 0. The Balaban J connectivity index is 2.28. The third-order valence-corrected chi connectivity index (χ3v) is 3.12. The van der Waals surface area contributed by atoms with E-state index in [4.69, 9.17) is 5.73 Å². The number of hydrogen-bond donors (Lipinski definition) is 1. The molecule has 0 bridgehead atoms. The molecule has 1 unspecified atom stereocenters. The maximum absolute atomic E-state index is 6.27. The van der Waals surface area contributed by atoms with Gasteiger partial charge >= 0.3 is 0 Å². The first-order valence-corrected chi connectivity index (χ1v) is 6.27. The summed E-state index contributed by atoms with van der Waals surface area (Å²) in [5.41, 5.74) is 8.49. The van der Waals surface area contributed by atoms with Crippen LogP contribution in [-0.2, 0) is 0 Å². The summed E-state index contributed by atoms with van der Waals surface area (Å²) in [6.45, 7) is 4.46. The third kappa shape index (κ3) is 2.83. The lowest BCUT2D eigenvalue weighted by Gasteiger charge is -2.15. The molecule has 0 aliphatic heterocycles. The number of nitrogens with two attached hydrogens (primary N) is 1. The molecule has 1 aromatic carbocycles. The van der Waals surface area contributed by atoms with Gasteiger partial charge in [0.15, 0.2) is 0 Å². The largest absolute Gasteiger partial charge is 0.324 e. The van der Waals surface area contributed by atoms with Crippen LogP contribution in [0.1, 0.15) is 38.3 Å². The normalized spacial score (nSPS) is 13.2. The average molecular weight is 228 g/mol. The first-order valence-electron chi connectivity index (χ1n) is 6.27. The molecular weight excluding hydrogens is 208 g/mol. The molecule has 1 heterocycles. The van der Waals surface area contributed by atoms with Crippen molar-refractivity contribution in [1.29, 1.82) is 0 Å². The van der Waals surface area contributed by atoms with Crippen molar-refractivity contribution in [2.75, 3.05) is 0 Å². The van der Waals surface area contributed by atoms with Gasteiger partial charge in [0.1, 0.15) is 0 Å². The molecule has 2 heteroatoms. The van der Waals surface area contributed by atoms with Gasteiger partial charge in [-0.1, -0.05) is 38.1 Å². The van der Waals surface area contributed by atoms with Crippen LogP contribution < -0.4 is 5.73 Å². The van der Waals surface area contributed by atoms with Gasteiger partial charge in [0.05, 0.1) is 5.52 Å². The van der Waals surface area contributed by atoms with Crippen molar-refractivity contribution in [3.63, 3.8) is 0 Å². The fraction of sp³-hybridized carbons (Fsp3) is 0.400. The van der Waals surface area contributed by atoms with Crippen LogP contribution in [0, 0.1) is 5.92 Å². The molecule has 2 aromatic rings. The predicted molar refractivity (Wildman–Crippen MR) is 72.7 cm³/mol. The Hall–Kier alpha value is -1.41. The van der Waals surface area contributed by atoms with Gasteiger partial charge in [-0.05, 0) is 30.4 Å². The zero-order chi connectivity index (χ0) is 12.3. The Kier molecular flexibility index (Phi) is 3.75. The zero-order valence-electron chi connectivity index (χ0n) is 10.6. The van der Waals surface area contributed by atoms with Crippen LogP contribution in [-0.4, -0.2) is 4.98 Å². The number of hydrogen-bond acceptors (Lipinski definition) is 2. The predicted octanol–water partition coefficient (Wildman–Crippen LogP) is 3.67. The average Bonchev–Trinajstić information content (AvgIpc) is 2.35. The van der Waals surface area contributed by atoms with Gasteiger partial charge in [-0.2, -0.15) is 0 Å². The SMILES string of the molecule is CC(C)CCC(N)c1cccc2cccnc12. The van der Waals surface area contributed by atoms with Crippen LogP contribution in [0.4, 0.5) is 0 Å². The number of rotatable bonds is 4. The standard InChI is InChI=1S/C15H20N2/c1-11(2)8-9-14(16)13-7-3-5-12-6-4-10-17-15(12)13/h3-7,10-11,14H,8-9,16H2,1-2H3. The molecule has 17 heavy (non-hydrogen) atoms. The van der Waals surface area contributed by atoms with Gasteiger partial charge in [0.25, 0.3) is 0 Å². The summed E-state index contributed by atoms with van der Waals surface area (Å²) in [6.07, 6.45) is 4.01. The molecule has 0 radical (unpaired) electrons. The van der Waals surface area contributed by atoms with E-state index in [9.17, 15) is 0 Å². The highest BCUT2D eigenvalue weighted by molar-refractivity contribution is 5.81. The highest BCUT2D eigenvalue weighted by Gasteiger charge is 2.10. The second kappa shape index (κ2) is 5.28. The van der Waals surface area contributed by atoms with Crippen LogP contribution >= 0.6 is 0 Å². The molecule has 0 spiro atoms. The minimum atomic E-state index is 0.0935. The highest BCUT2D eigenvalue weighted by atomic mass is 14.7. The second-order valence-corrected chi connectivity index (χ2v) is 5.00. The van der Waals surface area contributed by atoms with E-state index in [1.54, 1.807) is 0 Å². The Morgan fingerprint density at radius 1 is 1.12 bits per heavy atom. The van der Waals surface area contributed by atoms with E-state index in [-0.39, 0.29) is 6.04 Å². The summed E-state index contributed by atoms with van der Waals surface area (Å²) in [4.78, 5) is 4.45. The van der Waals surface area contributed by atoms with Gasteiger partial charge < -0.3 is 5.73 Å². The maximum Gasteiger partial charge on any atom is 0.0749 e. The number of fused-ring (bicyclic) bond motifs is 1. The maximum atomic E-state index is 6.27. The van der Waals surface area contributed by atoms with E-state index < -0.39 is 0 Å². The van der Waals surface area contributed by atoms with Crippen LogP contribution in [0.15, 0.2) is 36.5 Å². The minimum Gasteiger partial charge on any atom is -0.324 e. The van der Waals surface area contributed by atoms with Crippen LogP contribution in [0.3, 0.4) is 0 Å². The summed E-state index contributed by atoms with van der Waals surface area (Å²) >= 11 is 0. The number of nitrogens with zero attached hydrogens (tertiary/aromatic N) is 1. The Morgan fingerprint density at radius 2 is 1.88 bits per heavy atom. The van der Waals surface area contributed by atoms with E-state index in [0.717, 1.165) is 18.4 Å². The smallest absolute Gasteiger partial charge is 0.0749 e. The number of pyridine rings is 1.